The van der Waals surface area contributed by atoms with Gasteiger partial charge >= 0.3 is 5.97 Å². The van der Waals surface area contributed by atoms with E-state index in [-0.39, 0.29) is 5.97 Å². The van der Waals surface area contributed by atoms with E-state index in [0.717, 1.165) is 50.2 Å². The van der Waals surface area contributed by atoms with E-state index < -0.39 is 0 Å². The molecule has 2 aromatic rings. The molecule has 1 aromatic heterocycles. The van der Waals surface area contributed by atoms with Crippen LogP contribution in [0.25, 0.3) is 10.9 Å². The van der Waals surface area contributed by atoms with Crippen molar-refractivity contribution in [2.45, 2.75) is 25.7 Å². The number of esters is 1. The van der Waals surface area contributed by atoms with Crippen molar-refractivity contribution >= 4 is 16.9 Å². The Morgan fingerprint density at radius 1 is 1.29 bits per heavy atom. The van der Waals surface area contributed by atoms with Crippen molar-refractivity contribution in [1.29, 1.82) is 0 Å². The number of aromatic nitrogens is 1. The molecule has 0 atom stereocenters. The second-order valence-electron chi connectivity index (χ2n) is 6.51. The summed E-state index contributed by atoms with van der Waals surface area (Å²) in [6.07, 6.45) is 5.81. The molecule has 0 radical (unpaired) electrons. The normalized spacial score (nSPS) is 16.4. The number of rotatable bonds is 6. The number of hydrogen-bond acceptors (Lipinski definition) is 4. The average Bonchev–Trinajstić information content (AvgIpc) is 3.04. The Morgan fingerprint density at radius 3 is 2.79 bits per heavy atom. The Hall–Kier alpha value is -2.01. The van der Waals surface area contributed by atoms with E-state index >= 15 is 0 Å². The molecule has 2 heterocycles. The molecule has 1 aliphatic rings. The minimum Gasteiger partial charge on any atom is -0.496 e. The van der Waals surface area contributed by atoms with E-state index in [1.54, 1.807) is 7.11 Å². The van der Waals surface area contributed by atoms with Gasteiger partial charge in [0.05, 0.1) is 14.2 Å². The zero-order chi connectivity index (χ0) is 16.9. The first kappa shape index (κ1) is 16.8. The highest BCUT2D eigenvalue weighted by molar-refractivity contribution is 5.89. The van der Waals surface area contributed by atoms with E-state index in [0.29, 0.717) is 12.3 Å². The quantitative estimate of drug-likeness (QED) is 0.827. The molecule has 1 aromatic carbocycles. The number of aromatic amines is 1. The Balaban J connectivity index is 1.55. The van der Waals surface area contributed by atoms with Gasteiger partial charge in [0.15, 0.2) is 0 Å². The Morgan fingerprint density at radius 2 is 2.08 bits per heavy atom. The van der Waals surface area contributed by atoms with Crippen LogP contribution in [-0.4, -0.2) is 49.7 Å². The van der Waals surface area contributed by atoms with Crippen LogP contribution in [0.4, 0.5) is 0 Å². The van der Waals surface area contributed by atoms with Gasteiger partial charge in [-0.25, -0.2) is 0 Å². The maximum atomic E-state index is 11.4. The lowest BCUT2D eigenvalue weighted by Gasteiger charge is -2.31. The van der Waals surface area contributed by atoms with Crippen LogP contribution in [0.1, 0.15) is 24.8 Å². The van der Waals surface area contributed by atoms with Crippen LogP contribution in [0.15, 0.2) is 24.4 Å². The van der Waals surface area contributed by atoms with E-state index in [9.17, 15) is 4.79 Å². The van der Waals surface area contributed by atoms with Gasteiger partial charge in [0.1, 0.15) is 5.75 Å². The van der Waals surface area contributed by atoms with Crippen LogP contribution >= 0.6 is 0 Å². The topological polar surface area (TPSA) is 54.6 Å². The first-order valence-electron chi connectivity index (χ1n) is 8.63. The molecule has 24 heavy (non-hydrogen) atoms. The summed E-state index contributed by atoms with van der Waals surface area (Å²) in [6.45, 7) is 3.15. The molecular formula is C19H26N2O3. The molecule has 1 aliphatic heterocycles. The zero-order valence-corrected chi connectivity index (χ0v) is 14.5. The van der Waals surface area contributed by atoms with Crippen molar-refractivity contribution in [2.24, 2.45) is 5.92 Å². The van der Waals surface area contributed by atoms with E-state index in [1.165, 1.54) is 18.1 Å². The van der Waals surface area contributed by atoms with E-state index in [2.05, 4.69) is 22.1 Å². The molecule has 0 spiro atoms. The predicted molar refractivity (Wildman–Crippen MR) is 94.4 cm³/mol. The monoisotopic (exact) mass is 330 g/mol. The summed E-state index contributed by atoms with van der Waals surface area (Å²) in [5.74, 6) is 1.32. The van der Waals surface area contributed by atoms with Crippen molar-refractivity contribution in [3.05, 3.63) is 30.0 Å². The number of carbonyl (C=O) groups is 1. The largest absolute Gasteiger partial charge is 0.496 e. The summed E-state index contributed by atoms with van der Waals surface area (Å²) in [7, 11) is 3.19. The fourth-order valence-corrected chi connectivity index (χ4v) is 3.60. The van der Waals surface area contributed by atoms with Crippen LogP contribution in [0.2, 0.25) is 0 Å². The standard InChI is InChI=1S/C19H26N2O3/c1-23-17-5-3-4-16-19(17)15(13-20-16)8-11-21-9-6-14(7-10-21)12-18(22)24-2/h3-5,13-14,20H,6-12H2,1-2H3. The number of benzene rings is 1. The first-order chi connectivity index (χ1) is 11.7. The van der Waals surface area contributed by atoms with Gasteiger partial charge in [-0.2, -0.15) is 0 Å². The number of likely N-dealkylation sites (tertiary alicyclic amines) is 1. The summed E-state index contributed by atoms with van der Waals surface area (Å²) in [4.78, 5) is 17.2. The minimum absolute atomic E-state index is 0.0839. The number of H-pyrrole nitrogens is 1. The number of methoxy groups -OCH3 is 2. The number of nitrogens with one attached hydrogen (secondary N) is 1. The lowest BCUT2D eigenvalue weighted by Crippen LogP contribution is -2.35. The third kappa shape index (κ3) is 3.73. The van der Waals surface area contributed by atoms with Crippen molar-refractivity contribution < 1.29 is 14.3 Å². The Labute approximate surface area is 142 Å². The molecule has 1 saturated heterocycles. The van der Waals surface area contributed by atoms with Crippen LogP contribution < -0.4 is 4.74 Å². The SMILES string of the molecule is COC(=O)CC1CCN(CCc2c[nH]c3cccc(OC)c23)CC1. The number of ether oxygens (including phenoxy) is 2. The molecule has 0 bridgehead atoms. The smallest absolute Gasteiger partial charge is 0.305 e. The number of piperidine rings is 1. The third-order valence-electron chi connectivity index (χ3n) is 5.06. The van der Waals surface area contributed by atoms with Crippen molar-refractivity contribution in [2.75, 3.05) is 33.9 Å². The summed E-state index contributed by atoms with van der Waals surface area (Å²) in [5, 5.41) is 1.19. The first-order valence-corrected chi connectivity index (χ1v) is 8.63. The van der Waals surface area contributed by atoms with Crippen molar-refractivity contribution in [3.8, 4) is 5.75 Å². The number of carbonyl (C=O) groups excluding carboxylic acids is 1. The molecule has 0 aliphatic carbocycles. The lowest BCUT2D eigenvalue weighted by molar-refractivity contribution is -0.142. The summed E-state index contributed by atoms with van der Waals surface area (Å²) in [5.41, 5.74) is 2.43. The lowest BCUT2D eigenvalue weighted by atomic mass is 9.93. The average molecular weight is 330 g/mol. The molecule has 5 heteroatoms. The van der Waals surface area contributed by atoms with Gasteiger partial charge in [-0.05, 0) is 56.0 Å². The minimum atomic E-state index is -0.0839. The molecule has 1 N–H and O–H groups in total. The second kappa shape index (κ2) is 7.71. The number of fused-ring (bicyclic) bond motifs is 1. The van der Waals surface area contributed by atoms with E-state index in [4.69, 9.17) is 9.47 Å². The highest BCUT2D eigenvalue weighted by Gasteiger charge is 2.22. The van der Waals surface area contributed by atoms with Crippen LogP contribution in [-0.2, 0) is 16.0 Å². The van der Waals surface area contributed by atoms with Crippen molar-refractivity contribution in [1.82, 2.24) is 9.88 Å². The molecule has 0 unspecified atom stereocenters. The van der Waals surface area contributed by atoms with Gasteiger partial charge in [0.2, 0.25) is 0 Å². The maximum absolute atomic E-state index is 11.4. The fraction of sp³-hybridized carbons (Fsp3) is 0.526. The van der Waals surface area contributed by atoms with Crippen molar-refractivity contribution in [3.63, 3.8) is 0 Å². The van der Waals surface area contributed by atoms with Crippen LogP contribution in [0.5, 0.6) is 5.75 Å². The highest BCUT2D eigenvalue weighted by atomic mass is 16.5. The zero-order valence-electron chi connectivity index (χ0n) is 14.5. The van der Waals surface area contributed by atoms with Crippen LogP contribution in [0, 0.1) is 5.92 Å². The molecule has 5 nitrogen and oxygen atoms in total. The summed E-state index contributed by atoms with van der Waals surface area (Å²) in [6, 6.07) is 6.10. The Bertz CT molecular complexity index is 687. The van der Waals surface area contributed by atoms with Gasteiger partial charge in [-0.3, -0.25) is 4.79 Å². The number of nitrogens with zero attached hydrogens (tertiary/aromatic N) is 1. The third-order valence-corrected chi connectivity index (χ3v) is 5.06. The molecule has 130 valence electrons. The van der Waals surface area contributed by atoms with Gasteiger partial charge in [-0.15, -0.1) is 0 Å². The fourth-order valence-electron chi connectivity index (χ4n) is 3.60. The predicted octanol–water partition coefficient (Wildman–Crippen LogP) is 2.99. The number of hydrogen-bond donors (Lipinski definition) is 1. The van der Waals surface area contributed by atoms with Gasteiger partial charge in [-0.1, -0.05) is 6.07 Å². The summed E-state index contributed by atoms with van der Waals surface area (Å²) >= 11 is 0. The second-order valence-corrected chi connectivity index (χ2v) is 6.51. The van der Waals surface area contributed by atoms with Gasteiger partial charge < -0.3 is 19.4 Å². The molecule has 0 amide bonds. The molecule has 1 fully saturated rings. The molecule has 0 saturated carbocycles. The highest BCUT2D eigenvalue weighted by Crippen LogP contribution is 2.29. The van der Waals surface area contributed by atoms with Crippen LogP contribution in [0.3, 0.4) is 0 Å². The Kier molecular flexibility index (Phi) is 5.41. The van der Waals surface area contributed by atoms with Gasteiger partial charge in [0, 0.05) is 30.1 Å². The molecular weight excluding hydrogens is 304 g/mol. The molecule has 3 rings (SSSR count). The van der Waals surface area contributed by atoms with E-state index in [1.807, 2.05) is 12.1 Å². The maximum Gasteiger partial charge on any atom is 0.305 e. The van der Waals surface area contributed by atoms with Gasteiger partial charge in [0.25, 0.3) is 0 Å². The summed E-state index contributed by atoms with van der Waals surface area (Å²) < 4.78 is 10.3.